The lowest BCUT2D eigenvalue weighted by Gasteiger charge is -1.98. The molecule has 3 heteroatoms. The van der Waals surface area contributed by atoms with E-state index in [-0.39, 0.29) is 0 Å². The Morgan fingerprint density at radius 3 is 2.58 bits per heavy atom. The van der Waals surface area contributed by atoms with Crippen LogP contribution in [0.2, 0.25) is 0 Å². The summed E-state index contributed by atoms with van der Waals surface area (Å²) >= 11 is 0. The molecule has 0 unspecified atom stereocenters. The fourth-order valence-electron chi connectivity index (χ4n) is 1.17. The summed E-state index contributed by atoms with van der Waals surface area (Å²) in [5, 5.41) is 9.77. The van der Waals surface area contributed by atoms with Crippen LogP contribution < -0.4 is 5.73 Å². The highest BCUT2D eigenvalue weighted by Gasteiger charge is 1.93. The van der Waals surface area contributed by atoms with Gasteiger partial charge in [0.25, 0.3) is 0 Å². The molecule has 2 aromatic rings. The molecule has 12 heavy (non-hydrogen) atoms. The smallest absolute Gasteiger partial charge is 0.0574 e. The van der Waals surface area contributed by atoms with Gasteiger partial charge in [0, 0.05) is 17.3 Å². The maximum atomic E-state index is 5.50. The third-order valence-electron chi connectivity index (χ3n) is 1.85. The van der Waals surface area contributed by atoms with Crippen LogP contribution in [0.15, 0.2) is 30.6 Å². The Hall–Kier alpha value is -1.48. The number of nitrogens with two attached hydrogens (primary N) is 1. The van der Waals surface area contributed by atoms with Crippen molar-refractivity contribution in [2.75, 3.05) is 0 Å². The molecule has 0 amide bonds. The molecule has 0 bridgehead atoms. The molecule has 2 rings (SSSR count). The van der Waals surface area contributed by atoms with Gasteiger partial charge < -0.3 is 5.73 Å². The molecule has 1 aromatic carbocycles. The first-order valence-electron chi connectivity index (χ1n) is 3.79. The molecule has 0 aliphatic heterocycles. The van der Waals surface area contributed by atoms with Crippen molar-refractivity contribution in [1.29, 1.82) is 0 Å². The van der Waals surface area contributed by atoms with E-state index in [0.29, 0.717) is 6.54 Å². The van der Waals surface area contributed by atoms with E-state index in [4.69, 9.17) is 5.73 Å². The molecule has 1 aromatic heterocycles. The van der Waals surface area contributed by atoms with E-state index in [1.54, 1.807) is 12.4 Å². The highest BCUT2D eigenvalue weighted by Crippen LogP contribution is 2.12. The van der Waals surface area contributed by atoms with Gasteiger partial charge in [-0.3, -0.25) is 0 Å². The predicted octanol–water partition coefficient (Wildman–Crippen LogP) is 1.09. The van der Waals surface area contributed by atoms with Crippen LogP contribution in [0.4, 0.5) is 0 Å². The molecule has 0 saturated heterocycles. The Labute approximate surface area is 70.2 Å². The lowest BCUT2D eigenvalue weighted by molar-refractivity contribution is 1.04. The summed E-state index contributed by atoms with van der Waals surface area (Å²) in [6.07, 6.45) is 3.49. The summed E-state index contributed by atoms with van der Waals surface area (Å²) < 4.78 is 0. The Morgan fingerprint density at radius 2 is 1.83 bits per heavy atom. The summed E-state index contributed by atoms with van der Waals surface area (Å²) in [5.41, 5.74) is 6.63. The second-order valence-corrected chi connectivity index (χ2v) is 2.66. The third kappa shape index (κ3) is 1.14. The van der Waals surface area contributed by atoms with Crippen LogP contribution in [0.3, 0.4) is 0 Å². The zero-order chi connectivity index (χ0) is 8.39. The maximum Gasteiger partial charge on any atom is 0.0574 e. The van der Waals surface area contributed by atoms with Gasteiger partial charge in [0.15, 0.2) is 0 Å². The van der Waals surface area contributed by atoms with Crippen molar-refractivity contribution >= 4 is 10.8 Å². The molecule has 60 valence electrons. The summed E-state index contributed by atoms with van der Waals surface area (Å²) in [5.74, 6) is 0. The largest absolute Gasteiger partial charge is 0.326 e. The van der Waals surface area contributed by atoms with Gasteiger partial charge in [-0.25, -0.2) is 0 Å². The second-order valence-electron chi connectivity index (χ2n) is 2.66. The van der Waals surface area contributed by atoms with Gasteiger partial charge in [-0.2, -0.15) is 10.2 Å². The SMILES string of the molecule is NCc1ccc2cnncc2c1. The van der Waals surface area contributed by atoms with Crippen molar-refractivity contribution in [3.05, 3.63) is 36.2 Å². The van der Waals surface area contributed by atoms with Crippen LogP contribution in [0.5, 0.6) is 0 Å². The molecule has 1 heterocycles. The van der Waals surface area contributed by atoms with Gasteiger partial charge in [0.05, 0.1) is 12.4 Å². The summed E-state index contributed by atoms with van der Waals surface area (Å²) in [6, 6.07) is 6.04. The molecule has 0 radical (unpaired) electrons. The van der Waals surface area contributed by atoms with Gasteiger partial charge in [0.1, 0.15) is 0 Å². The lowest BCUT2D eigenvalue weighted by atomic mass is 10.1. The van der Waals surface area contributed by atoms with Crippen LogP contribution >= 0.6 is 0 Å². The number of hydrogen-bond acceptors (Lipinski definition) is 3. The van der Waals surface area contributed by atoms with Crippen molar-refractivity contribution in [3.8, 4) is 0 Å². The summed E-state index contributed by atoms with van der Waals surface area (Å²) in [7, 11) is 0. The molecule has 0 aliphatic rings. The number of benzene rings is 1. The van der Waals surface area contributed by atoms with E-state index in [1.165, 1.54) is 0 Å². The van der Waals surface area contributed by atoms with Crippen LogP contribution in [0, 0.1) is 0 Å². The quantitative estimate of drug-likeness (QED) is 0.677. The number of aromatic nitrogens is 2. The Kier molecular flexibility index (Phi) is 1.72. The topological polar surface area (TPSA) is 51.8 Å². The van der Waals surface area contributed by atoms with Gasteiger partial charge >= 0.3 is 0 Å². The standard InChI is InChI=1S/C9H9N3/c10-4-7-1-2-8-5-11-12-6-9(8)3-7/h1-3,5-6H,4,10H2. The molecule has 0 fully saturated rings. The molecule has 0 spiro atoms. The monoisotopic (exact) mass is 159 g/mol. The maximum absolute atomic E-state index is 5.50. The van der Waals surface area contributed by atoms with Crippen molar-refractivity contribution in [2.24, 2.45) is 5.73 Å². The molecular formula is C9H9N3. The molecule has 0 aliphatic carbocycles. The average Bonchev–Trinajstić information content (AvgIpc) is 2.17. The highest BCUT2D eigenvalue weighted by molar-refractivity contribution is 5.81. The van der Waals surface area contributed by atoms with Crippen LogP contribution in [-0.2, 0) is 6.54 Å². The zero-order valence-electron chi connectivity index (χ0n) is 6.57. The first-order chi connectivity index (χ1) is 5.90. The summed E-state index contributed by atoms with van der Waals surface area (Å²) in [4.78, 5) is 0. The van der Waals surface area contributed by atoms with Crippen LogP contribution in [0.25, 0.3) is 10.8 Å². The van der Waals surface area contributed by atoms with E-state index in [0.717, 1.165) is 16.3 Å². The predicted molar refractivity (Wildman–Crippen MR) is 47.4 cm³/mol. The fraction of sp³-hybridized carbons (Fsp3) is 0.111. The van der Waals surface area contributed by atoms with Gasteiger partial charge in [-0.1, -0.05) is 12.1 Å². The minimum Gasteiger partial charge on any atom is -0.326 e. The van der Waals surface area contributed by atoms with Crippen molar-refractivity contribution in [1.82, 2.24) is 10.2 Å². The minimum atomic E-state index is 0.568. The Bertz CT molecular complexity index is 398. The second kappa shape index (κ2) is 2.87. The highest BCUT2D eigenvalue weighted by atomic mass is 15.1. The van der Waals surface area contributed by atoms with E-state index in [1.807, 2.05) is 18.2 Å². The molecular weight excluding hydrogens is 150 g/mol. The fourth-order valence-corrected chi connectivity index (χ4v) is 1.17. The number of hydrogen-bond donors (Lipinski definition) is 1. The van der Waals surface area contributed by atoms with E-state index in [2.05, 4.69) is 10.2 Å². The molecule has 2 N–H and O–H groups in total. The third-order valence-corrected chi connectivity index (χ3v) is 1.85. The molecule has 0 saturated carbocycles. The Morgan fingerprint density at radius 1 is 1.08 bits per heavy atom. The van der Waals surface area contributed by atoms with Gasteiger partial charge in [0.2, 0.25) is 0 Å². The zero-order valence-corrected chi connectivity index (χ0v) is 6.57. The Balaban J connectivity index is 2.67. The number of fused-ring (bicyclic) bond motifs is 1. The first kappa shape index (κ1) is 7.18. The van der Waals surface area contributed by atoms with E-state index >= 15 is 0 Å². The summed E-state index contributed by atoms with van der Waals surface area (Å²) in [6.45, 7) is 0.568. The van der Waals surface area contributed by atoms with Crippen LogP contribution in [0.1, 0.15) is 5.56 Å². The van der Waals surface area contributed by atoms with E-state index < -0.39 is 0 Å². The normalized spacial score (nSPS) is 10.4. The minimum absolute atomic E-state index is 0.568. The van der Waals surface area contributed by atoms with Crippen LogP contribution in [-0.4, -0.2) is 10.2 Å². The average molecular weight is 159 g/mol. The van der Waals surface area contributed by atoms with Gasteiger partial charge in [-0.15, -0.1) is 0 Å². The first-order valence-corrected chi connectivity index (χ1v) is 3.79. The lowest BCUT2D eigenvalue weighted by Crippen LogP contribution is -1.95. The molecule has 0 atom stereocenters. The van der Waals surface area contributed by atoms with Crippen molar-refractivity contribution in [3.63, 3.8) is 0 Å². The number of nitrogens with zero attached hydrogens (tertiary/aromatic N) is 2. The van der Waals surface area contributed by atoms with Crippen molar-refractivity contribution < 1.29 is 0 Å². The van der Waals surface area contributed by atoms with Gasteiger partial charge in [-0.05, 0) is 11.6 Å². The molecule has 3 nitrogen and oxygen atoms in total. The van der Waals surface area contributed by atoms with Crippen molar-refractivity contribution in [2.45, 2.75) is 6.54 Å². The van der Waals surface area contributed by atoms with E-state index in [9.17, 15) is 0 Å². The number of rotatable bonds is 1.